The number of carbonyl (C=O) groups is 1. The van der Waals surface area contributed by atoms with Crippen LogP contribution in [0.5, 0.6) is 0 Å². The molecular weight excluding hydrogens is 288 g/mol. The van der Waals surface area contributed by atoms with Gasteiger partial charge in [0.05, 0.1) is 39.6 Å². The molecule has 0 rings (SSSR count). The predicted molar refractivity (Wildman–Crippen MR) is 84.7 cm³/mol. The number of hydrogen-bond donors (Lipinski definition) is 2. The summed E-state index contributed by atoms with van der Waals surface area (Å²) in [4.78, 5) is 11.5. The minimum atomic E-state index is -0.186. The van der Waals surface area contributed by atoms with Crippen molar-refractivity contribution in [1.82, 2.24) is 10.6 Å². The van der Waals surface area contributed by atoms with Crippen LogP contribution in [0.25, 0.3) is 0 Å². The second-order valence-electron chi connectivity index (χ2n) is 4.29. The van der Waals surface area contributed by atoms with Gasteiger partial charge in [-0.25, -0.2) is 0 Å². The zero-order chi connectivity index (χ0) is 16.5. The molecule has 0 saturated heterocycles. The topological polar surface area (TPSA) is 78.1 Å². The minimum absolute atomic E-state index is 0.186. The normalized spacial score (nSPS) is 10.8. The number of amides is 1. The summed E-state index contributed by atoms with van der Waals surface area (Å²) in [5.41, 5.74) is 0.654. The van der Waals surface area contributed by atoms with E-state index < -0.39 is 0 Å². The smallest absolute Gasteiger partial charge is 0.244 e. The van der Waals surface area contributed by atoms with Gasteiger partial charge in [0.25, 0.3) is 0 Å². The van der Waals surface area contributed by atoms with Crippen molar-refractivity contribution in [2.45, 2.75) is 0 Å². The largest absolute Gasteiger partial charge is 0.383 e. The van der Waals surface area contributed by atoms with Crippen molar-refractivity contribution in [3.63, 3.8) is 0 Å². The molecule has 0 fully saturated rings. The highest BCUT2D eigenvalue weighted by Gasteiger charge is 1.95. The van der Waals surface area contributed by atoms with Gasteiger partial charge in [-0.2, -0.15) is 0 Å². The van der Waals surface area contributed by atoms with Crippen LogP contribution in [0.1, 0.15) is 0 Å². The van der Waals surface area contributed by atoms with Crippen molar-refractivity contribution in [2.24, 2.45) is 0 Å². The van der Waals surface area contributed by atoms with Gasteiger partial charge in [0, 0.05) is 39.1 Å². The van der Waals surface area contributed by atoms with Crippen LogP contribution in [-0.4, -0.2) is 72.9 Å². The van der Waals surface area contributed by atoms with Gasteiger partial charge < -0.3 is 29.6 Å². The fourth-order valence-electron chi connectivity index (χ4n) is 1.31. The van der Waals surface area contributed by atoms with E-state index in [1.165, 1.54) is 6.08 Å². The fraction of sp³-hybridized carbons (Fsp3) is 0.667. The Labute approximate surface area is 132 Å². The Balaban J connectivity index is 3.51. The molecule has 0 saturated carbocycles. The molecule has 0 unspecified atom stereocenters. The molecule has 0 aromatic rings. The maximum Gasteiger partial charge on any atom is 0.244 e. The number of allylic oxidation sites excluding steroid dienone is 1. The van der Waals surface area contributed by atoms with E-state index in [0.29, 0.717) is 58.4 Å². The van der Waals surface area contributed by atoms with E-state index in [1.807, 2.05) is 0 Å². The molecule has 0 aliphatic rings. The first-order valence-corrected chi connectivity index (χ1v) is 7.22. The summed E-state index contributed by atoms with van der Waals surface area (Å²) in [6, 6.07) is 0. The molecule has 0 aromatic heterocycles. The number of nitrogens with one attached hydrogen (secondary N) is 2. The molecule has 0 spiro atoms. The Hall–Kier alpha value is -1.41. The van der Waals surface area contributed by atoms with Gasteiger partial charge in [-0.05, 0) is 6.08 Å². The third kappa shape index (κ3) is 15.0. The van der Waals surface area contributed by atoms with E-state index in [-0.39, 0.29) is 5.91 Å². The lowest BCUT2D eigenvalue weighted by molar-refractivity contribution is -0.116. The van der Waals surface area contributed by atoms with Crippen molar-refractivity contribution in [3.05, 3.63) is 24.4 Å². The second-order valence-corrected chi connectivity index (χ2v) is 4.29. The summed E-state index contributed by atoms with van der Waals surface area (Å²) in [6.45, 7) is 8.11. The first-order valence-electron chi connectivity index (χ1n) is 7.22. The van der Waals surface area contributed by atoms with Crippen LogP contribution in [0.2, 0.25) is 0 Å². The molecule has 128 valence electrons. The van der Waals surface area contributed by atoms with Gasteiger partial charge >= 0.3 is 0 Å². The highest BCUT2D eigenvalue weighted by molar-refractivity contribution is 5.87. The van der Waals surface area contributed by atoms with E-state index in [0.717, 1.165) is 0 Å². The summed E-state index contributed by atoms with van der Waals surface area (Å²) in [7, 11) is 3.24. The van der Waals surface area contributed by atoms with E-state index in [4.69, 9.17) is 18.9 Å². The van der Waals surface area contributed by atoms with E-state index in [2.05, 4.69) is 17.2 Å². The number of hydrogen-bond acceptors (Lipinski definition) is 6. The Kier molecular flexibility index (Phi) is 14.9. The Morgan fingerprint density at radius 3 is 1.95 bits per heavy atom. The Bertz CT molecular complexity index is 291. The minimum Gasteiger partial charge on any atom is -0.383 e. The summed E-state index contributed by atoms with van der Waals surface area (Å²) in [6.07, 6.45) is 3.05. The molecular formula is C15H28N2O5. The van der Waals surface area contributed by atoms with Crippen LogP contribution >= 0.6 is 0 Å². The van der Waals surface area contributed by atoms with Gasteiger partial charge in [0.2, 0.25) is 5.91 Å². The standard InChI is InChI=1S/C15H28N2O5/c1-14(16-6-8-21-12-10-19-2)4-5-15(18)17-7-9-22-13-11-20-3/h4-5,16H,1,6-13H2,2-3H3,(H,17,18)/b5-4+. The van der Waals surface area contributed by atoms with Gasteiger partial charge in [0.15, 0.2) is 0 Å². The van der Waals surface area contributed by atoms with Crippen LogP contribution in [0.15, 0.2) is 24.4 Å². The molecule has 0 aliphatic heterocycles. The maximum absolute atomic E-state index is 11.5. The first-order chi connectivity index (χ1) is 10.7. The van der Waals surface area contributed by atoms with Crippen LogP contribution in [0.4, 0.5) is 0 Å². The average molecular weight is 316 g/mol. The molecule has 0 bridgehead atoms. The molecule has 7 nitrogen and oxygen atoms in total. The molecule has 22 heavy (non-hydrogen) atoms. The van der Waals surface area contributed by atoms with Crippen LogP contribution in [0.3, 0.4) is 0 Å². The number of rotatable bonds is 15. The Morgan fingerprint density at radius 1 is 0.864 bits per heavy atom. The molecule has 0 radical (unpaired) electrons. The highest BCUT2D eigenvalue weighted by atomic mass is 16.5. The van der Waals surface area contributed by atoms with Gasteiger partial charge in [-0.1, -0.05) is 6.58 Å². The predicted octanol–water partition coefficient (Wildman–Crippen LogP) is 0.0881. The van der Waals surface area contributed by atoms with Crippen molar-refractivity contribution in [2.75, 3.05) is 67.0 Å². The zero-order valence-electron chi connectivity index (χ0n) is 13.6. The number of methoxy groups -OCH3 is 2. The van der Waals surface area contributed by atoms with Gasteiger partial charge in [-0.15, -0.1) is 0 Å². The third-order valence-corrected chi connectivity index (χ3v) is 2.44. The average Bonchev–Trinajstić information content (AvgIpc) is 2.52. The van der Waals surface area contributed by atoms with Crippen LogP contribution < -0.4 is 10.6 Å². The summed E-state index contributed by atoms with van der Waals surface area (Å²) in [5.74, 6) is -0.186. The zero-order valence-corrected chi connectivity index (χ0v) is 13.6. The van der Waals surface area contributed by atoms with Crippen molar-refractivity contribution in [3.8, 4) is 0 Å². The summed E-state index contributed by atoms with van der Waals surface area (Å²) in [5, 5.41) is 5.75. The lowest BCUT2D eigenvalue weighted by Crippen LogP contribution is -2.26. The Morgan fingerprint density at radius 2 is 1.41 bits per heavy atom. The van der Waals surface area contributed by atoms with E-state index >= 15 is 0 Å². The molecule has 0 aromatic carbocycles. The van der Waals surface area contributed by atoms with Crippen molar-refractivity contribution in [1.29, 1.82) is 0 Å². The maximum atomic E-state index is 11.5. The monoisotopic (exact) mass is 316 g/mol. The van der Waals surface area contributed by atoms with Crippen LogP contribution in [-0.2, 0) is 23.7 Å². The molecule has 0 atom stereocenters. The fourth-order valence-corrected chi connectivity index (χ4v) is 1.31. The quantitative estimate of drug-likeness (QED) is 0.253. The molecule has 0 aliphatic carbocycles. The molecule has 1 amide bonds. The van der Waals surface area contributed by atoms with Gasteiger partial charge in [-0.3, -0.25) is 4.79 Å². The third-order valence-electron chi connectivity index (χ3n) is 2.44. The number of ether oxygens (including phenoxy) is 4. The second kappa shape index (κ2) is 16.0. The van der Waals surface area contributed by atoms with E-state index in [1.54, 1.807) is 20.3 Å². The van der Waals surface area contributed by atoms with E-state index in [9.17, 15) is 4.79 Å². The lowest BCUT2D eigenvalue weighted by atomic mass is 10.4. The molecule has 0 heterocycles. The number of carbonyl (C=O) groups excluding carboxylic acids is 1. The van der Waals surface area contributed by atoms with Gasteiger partial charge in [0.1, 0.15) is 0 Å². The summed E-state index contributed by atoms with van der Waals surface area (Å²) >= 11 is 0. The van der Waals surface area contributed by atoms with Crippen molar-refractivity contribution >= 4 is 5.91 Å². The molecule has 7 heteroatoms. The first kappa shape index (κ1) is 20.6. The molecule has 2 N–H and O–H groups in total. The highest BCUT2D eigenvalue weighted by Crippen LogP contribution is 1.87. The SMILES string of the molecule is C=C(/C=C/C(=O)NCCOCCOC)NCCOCCOC. The van der Waals surface area contributed by atoms with Crippen LogP contribution in [0, 0.1) is 0 Å². The summed E-state index contributed by atoms with van der Waals surface area (Å²) < 4.78 is 20.2. The lowest BCUT2D eigenvalue weighted by Gasteiger charge is -2.07. The van der Waals surface area contributed by atoms with Crippen molar-refractivity contribution < 1.29 is 23.7 Å².